The Morgan fingerprint density at radius 2 is 2.06 bits per heavy atom. The fourth-order valence-corrected chi connectivity index (χ4v) is 4.47. The lowest BCUT2D eigenvalue weighted by Gasteiger charge is -2.19. The van der Waals surface area contributed by atoms with Crippen molar-refractivity contribution in [1.82, 2.24) is 19.9 Å². The molecule has 5 rings (SSSR count). The van der Waals surface area contributed by atoms with Gasteiger partial charge in [-0.15, -0.1) is 0 Å². The van der Waals surface area contributed by atoms with Gasteiger partial charge >= 0.3 is 6.09 Å². The summed E-state index contributed by atoms with van der Waals surface area (Å²) in [7, 11) is 1.65. The van der Waals surface area contributed by atoms with E-state index in [1.165, 1.54) is 27.8 Å². The molecule has 182 valence electrons. The minimum Gasteiger partial charge on any atom is -0.472 e. The van der Waals surface area contributed by atoms with Crippen LogP contribution in [0.4, 0.5) is 15.0 Å². The van der Waals surface area contributed by atoms with Crippen LogP contribution >= 0.6 is 0 Å². The van der Waals surface area contributed by atoms with Gasteiger partial charge in [0.25, 0.3) is 5.56 Å². The maximum Gasteiger partial charge on any atom is 0.415 e. The maximum atomic E-state index is 14.5. The van der Waals surface area contributed by atoms with Crippen LogP contribution in [0.2, 0.25) is 0 Å². The molecule has 35 heavy (non-hydrogen) atoms. The zero-order valence-corrected chi connectivity index (χ0v) is 19.4. The summed E-state index contributed by atoms with van der Waals surface area (Å²) >= 11 is 0. The highest BCUT2D eigenvalue weighted by Gasteiger charge is 2.33. The lowest BCUT2D eigenvalue weighted by Crippen LogP contribution is -2.28. The molecule has 0 aliphatic carbocycles. The summed E-state index contributed by atoms with van der Waals surface area (Å²) in [5, 5.41) is 4.11. The van der Waals surface area contributed by atoms with Gasteiger partial charge in [0.05, 0.1) is 18.3 Å². The maximum absolute atomic E-state index is 14.5. The molecule has 0 saturated carbocycles. The Hall–Kier alpha value is -3.79. The number of halogens is 1. The van der Waals surface area contributed by atoms with E-state index in [0.29, 0.717) is 74.0 Å². The van der Waals surface area contributed by atoms with Gasteiger partial charge in [-0.2, -0.15) is 0 Å². The van der Waals surface area contributed by atoms with Crippen LogP contribution in [-0.4, -0.2) is 53.0 Å². The number of cyclic esters (lactones) is 1. The summed E-state index contributed by atoms with van der Waals surface area (Å²) in [6.45, 7) is 5.82. The van der Waals surface area contributed by atoms with E-state index < -0.39 is 6.09 Å². The van der Waals surface area contributed by atoms with Crippen molar-refractivity contribution in [2.24, 2.45) is 7.05 Å². The molecule has 0 unspecified atom stereocenters. The summed E-state index contributed by atoms with van der Waals surface area (Å²) in [6, 6.07) is 6.30. The Morgan fingerprint density at radius 1 is 1.23 bits per heavy atom. The molecule has 2 aliphatic rings. The summed E-state index contributed by atoms with van der Waals surface area (Å²) in [5.41, 5.74) is 2.51. The van der Waals surface area contributed by atoms with E-state index in [4.69, 9.17) is 9.47 Å². The first kappa shape index (κ1) is 23.0. The highest BCUT2D eigenvalue weighted by atomic mass is 19.1. The smallest absolute Gasteiger partial charge is 0.415 e. The van der Waals surface area contributed by atoms with E-state index in [9.17, 15) is 14.0 Å². The quantitative estimate of drug-likeness (QED) is 0.411. The number of amides is 1. The number of nitrogens with one attached hydrogen (secondary N) is 1. The van der Waals surface area contributed by atoms with Crippen molar-refractivity contribution in [2.45, 2.75) is 25.4 Å². The lowest BCUT2D eigenvalue weighted by molar-refractivity contribution is 0.136. The Balaban J connectivity index is 1.15. The molecule has 1 saturated heterocycles. The second-order valence-electron chi connectivity index (χ2n) is 8.79. The van der Waals surface area contributed by atoms with Crippen molar-refractivity contribution < 1.29 is 18.7 Å². The number of hydrogen-bond acceptors (Lipinski definition) is 7. The SMILES string of the molecule is C=C1COc2ncc(N3C[C@H](CCNCCc4c(F)ccc5ccc(=O)n(C)c45)OC3=O)nc2C1. The molecule has 9 nitrogen and oxygen atoms in total. The number of aromatic nitrogens is 3. The first-order chi connectivity index (χ1) is 16.9. The Bertz CT molecular complexity index is 1370. The van der Waals surface area contributed by atoms with Gasteiger partial charge < -0.3 is 19.4 Å². The topological polar surface area (TPSA) is 98.6 Å². The molecule has 1 amide bonds. The van der Waals surface area contributed by atoms with Crippen molar-refractivity contribution in [2.75, 3.05) is 31.1 Å². The molecule has 0 bridgehead atoms. The van der Waals surface area contributed by atoms with E-state index in [2.05, 4.69) is 21.9 Å². The third-order valence-electron chi connectivity index (χ3n) is 6.30. The summed E-state index contributed by atoms with van der Waals surface area (Å²) in [6.07, 6.45) is 2.35. The molecule has 0 spiro atoms. The van der Waals surface area contributed by atoms with Crippen LogP contribution < -0.4 is 20.5 Å². The van der Waals surface area contributed by atoms with Gasteiger partial charge in [0, 0.05) is 25.1 Å². The van der Waals surface area contributed by atoms with Gasteiger partial charge in [0.1, 0.15) is 24.2 Å². The van der Waals surface area contributed by atoms with Gasteiger partial charge in [-0.3, -0.25) is 9.69 Å². The minimum atomic E-state index is -0.460. The second-order valence-corrected chi connectivity index (χ2v) is 8.79. The Morgan fingerprint density at radius 3 is 2.91 bits per heavy atom. The average molecular weight is 480 g/mol. The van der Waals surface area contributed by atoms with Gasteiger partial charge in [0.15, 0.2) is 5.82 Å². The number of carbonyl (C=O) groups is 1. The predicted octanol–water partition coefficient (Wildman–Crippen LogP) is 2.51. The number of aryl methyl sites for hydroxylation is 1. The summed E-state index contributed by atoms with van der Waals surface area (Å²) < 4.78 is 27.0. The molecule has 1 aromatic carbocycles. The second kappa shape index (κ2) is 9.46. The molecular formula is C25H26FN5O4. The van der Waals surface area contributed by atoms with E-state index in [-0.39, 0.29) is 17.5 Å². The highest BCUT2D eigenvalue weighted by molar-refractivity contribution is 5.88. The third kappa shape index (κ3) is 4.61. The molecule has 1 N–H and O–H groups in total. The van der Waals surface area contributed by atoms with Crippen LogP contribution in [0.3, 0.4) is 0 Å². The molecule has 10 heteroatoms. The average Bonchev–Trinajstić information content (AvgIpc) is 3.22. The molecule has 3 aromatic rings. The number of hydrogen-bond donors (Lipinski definition) is 1. The van der Waals surface area contributed by atoms with Crippen molar-refractivity contribution in [1.29, 1.82) is 0 Å². The number of fused-ring (bicyclic) bond motifs is 2. The molecule has 0 radical (unpaired) electrons. The number of pyridine rings is 1. The van der Waals surface area contributed by atoms with Crippen LogP contribution in [-0.2, 0) is 24.6 Å². The number of rotatable bonds is 7. The number of anilines is 1. The van der Waals surface area contributed by atoms with Crippen LogP contribution in [0, 0.1) is 5.82 Å². The first-order valence-corrected chi connectivity index (χ1v) is 11.5. The normalized spacial score (nSPS) is 17.4. The monoisotopic (exact) mass is 479 g/mol. The zero-order valence-electron chi connectivity index (χ0n) is 19.4. The number of carbonyl (C=O) groups excluding carboxylic acids is 1. The standard InChI is InChI=1S/C25H26FN5O4/c1-15-11-20-24(34-14-15)28-12-21(29-20)31-13-17(35-25(31)33)7-9-27-10-8-18-19(26)5-3-16-4-6-22(32)30(2)23(16)18/h3-6,12,17,27H,1,7-11,13-14H2,2H3/t17-/m0/s1. The number of benzene rings is 1. The van der Waals surface area contributed by atoms with Gasteiger partial charge in [-0.1, -0.05) is 6.58 Å². The fraction of sp³-hybridized carbons (Fsp3) is 0.360. The van der Waals surface area contributed by atoms with E-state index in [0.717, 1.165) is 11.0 Å². The Labute approximate surface area is 201 Å². The third-order valence-corrected chi connectivity index (χ3v) is 6.30. The molecule has 2 aromatic heterocycles. The van der Waals surface area contributed by atoms with Crippen LogP contribution in [0.1, 0.15) is 17.7 Å². The molecular weight excluding hydrogens is 453 g/mol. The van der Waals surface area contributed by atoms with Crippen molar-refractivity contribution >= 4 is 22.8 Å². The summed E-state index contributed by atoms with van der Waals surface area (Å²) in [5.74, 6) is 0.567. The van der Waals surface area contributed by atoms with E-state index >= 15 is 0 Å². The van der Waals surface area contributed by atoms with Crippen molar-refractivity contribution in [3.05, 3.63) is 70.0 Å². The van der Waals surface area contributed by atoms with Crippen molar-refractivity contribution in [3.8, 4) is 5.88 Å². The lowest BCUT2D eigenvalue weighted by atomic mass is 10.1. The molecule has 1 fully saturated rings. The summed E-state index contributed by atoms with van der Waals surface area (Å²) in [4.78, 5) is 34.7. The largest absolute Gasteiger partial charge is 0.472 e. The fourth-order valence-electron chi connectivity index (χ4n) is 4.47. The van der Waals surface area contributed by atoms with Crippen LogP contribution in [0.25, 0.3) is 10.9 Å². The minimum absolute atomic E-state index is 0.175. The van der Waals surface area contributed by atoms with Gasteiger partial charge in [-0.25, -0.2) is 19.2 Å². The zero-order chi connectivity index (χ0) is 24.5. The molecule has 1 atom stereocenters. The van der Waals surface area contributed by atoms with Gasteiger partial charge in [-0.05, 0) is 55.1 Å². The van der Waals surface area contributed by atoms with E-state index in [1.54, 1.807) is 19.2 Å². The van der Waals surface area contributed by atoms with Crippen LogP contribution in [0.15, 0.2) is 47.4 Å². The van der Waals surface area contributed by atoms with Crippen LogP contribution in [0.5, 0.6) is 5.88 Å². The Kier molecular flexibility index (Phi) is 6.21. The van der Waals surface area contributed by atoms with Crippen molar-refractivity contribution in [3.63, 3.8) is 0 Å². The highest BCUT2D eigenvalue weighted by Crippen LogP contribution is 2.27. The van der Waals surface area contributed by atoms with Gasteiger partial charge in [0.2, 0.25) is 5.88 Å². The first-order valence-electron chi connectivity index (χ1n) is 11.5. The number of ether oxygens (including phenoxy) is 2. The predicted molar refractivity (Wildman–Crippen MR) is 128 cm³/mol. The van der Waals surface area contributed by atoms with E-state index in [1.807, 2.05) is 0 Å². The molecule has 4 heterocycles. The number of nitrogens with zero attached hydrogens (tertiary/aromatic N) is 4. The molecule has 2 aliphatic heterocycles.